The summed E-state index contributed by atoms with van der Waals surface area (Å²) in [5.74, 6) is -0.822. The zero-order valence-corrected chi connectivity index (χ0v) is 21.0. The molecule has 0 bridgehead atoms. The number of ether oxygens (including phenoxy) is 3. The van der Waals surface area contributed by atoms with Gasteiger partial charge in [-0.1, -0.05) is 24.3 Å². The van der Waals surface area contributed by atoms with Crippen LogP contribution in [0.3, 0.4) is 0 Å². The first-order valence-corrected chi connectivity index (χ1v) is 11.7. The zero-order valence-electron chi connectivity index (χ0n) is 21.0. The normalized spacial score (nSPS) is 11.3. The zero-order chi connectivity index (χ0) is 28.2. The average Bonchev–Trinajstić information content (AvgIpc) is 2.89. The summed E-state index contributed by atoms with van der Waals surface area (Å²) in [6, 6.07) is 13.6. The molecule has 0 aliphatic rings. The number of carbonyl (C=O) groups excluding carboxylic acids is 2. The predicted molar refractivity (Wildman–Crippen MR) is 135 cm³/mol. The molecule has 10 heteroatoms. The van der Waals surface area contributed by atoms with Gasteiger partial charge < -0.3 is 14.2 Å². The average molecular weight is 541 g/mol. The van der Waals surface area contributed by atoms with Crippen molar-refractivity contribution in [2.75, 3.05) is 14.2 Å². The molecule has 1 aromatic heterocycles. The van der Waals surface area contributed by atoms with Gasteiger partial charge in [0.1, 0.15) is 17.3 Å². The van der Waals surface area contributed by atoms with Crippen molar-refractivity contribution in [1.29, 1.82) is 0 Å². The Morgan fingerprint density at radius 3 is 2.21 bits per heavy atom. The van der Waals surface area contributed by atoms with E-state index in [0.29, 0.717) is 33.7 Å². The maximum atomic E-state index is 14.9. The highest BCUT2D eigenvalue weighted by atomic mass is 19.4. The van der Waals surface area contributed by atoms with Gasteiger partial charge in [0.2, 0.25) is 0 Å². The summed E-state index contributed by atoms with van der Waals surface area (Å²) in [7, 11) is 2.98. The second-order valence-electron chi connectivity index (χ2n) is 8.66. The number of ketones is 2. The van der Waals surface area contributed by atoms with Crippen LogP contribution in [0.25, 0.3) is 10.9 Å². The van der Waals surface area contributed by atoms with Crippen molar-refractivity contribution in [3.63, 3.8) is 0 Å². The first-order chi connectivity index (χ1) is 18.6. The lowest BCUT2D eigenvalue weighted by molar-refractivity contribution is -0.138. The molecule has 0 unspecified atom stereocenters. The number of Topliss-reactive ketones (excluding diaryl/α,β-unsaturated/α-hetero) is 2. The maximum absolute atomic E-state index is 14.9. The highest BCUT2D eigenvalue weighted by Gasteiger charge is 2.33. The molecular formula is C29H23F4NO5. The van der Waals surface area contributed by atoms with Crippen LogP contribution in [-0.4, -0.2) is 30.8 Å². The molecule has 0 spiro atoms. The van der Waals surface area contributed by atoms with Crippen LogP contribution in [0.1, 0.15) is 23.1 Å². The molecule has 0 fully saturated rings. The van der Waals surface area contributed by atoms with Gasteiger partial charge in [0.15, 0.2) is 23.1 Å². The third-order valence-electron chi connectivity index (χ3n) is 5.93. The van der Waals surface area contributed by atoms with E-state index in [1.54, 1.807) is 18.2 Å². The molecule has 0 atom stereocenters. The molecule has 0 amide bonds. The lowest BCUT2D eigenvalue weighted by Gasteiger charge is -2.13. The smallest absolute Gasteiger partial charge is 0.416 e. The van der Waals surface area contributed by atoms with Gasteiger partial charge >= 0.3 is 6.18 Å². The van der Waals surface area contributed by atoms with Crippen LogP contribution >= 0.6 is 0 Å². The molecule has 4 aromatic rings. The molecule has 3 aromatic carbocycles. The summed E-state index contributed by atoms with van der Waals surface area (Å²) in [5.41, 5.74) is -0.285. The van der Waals surface area contributed by atoms with E-state index in [0.717, 1.165) is 12.1 Å². The van der Waals surface area contributed by atoms with E-state index in [1.807, 2.05) is 0 Å². The van der Waals surface area contributed by atoms with Gasteiger partial charge in [-0.25, -0.2) is 4.39 Å². The van der Waals surface area contributed by atoms with Crippen LogP contribution in [0.5, 0.6) is 23.0 Å². The Balaban J connectivity index is 1.44. The topological polar surface area (TPSA) is 74.7 Å². The standard InChI is InChI=1S/C29H23F4NO5/c1-37-27-15-21-24(16-28(27)38-2)34-10-9-25(21)39-26-8-7-17(12-23(26)30)11-19(35)14-20(36)13-18-5-3-4-6-22(18)29(31,32)33/h3-10,12,15-16H,11,13-14H2,1-2H3. The summed E-state index contributed by atoms with van der Waals surface area (Å²) < 4.78 is 70.8. The van der Waals surface area contributed by atoms with Crippen LogP contribution in [-0.2, 0) is 28.6 Å². The highest BCUT2D eigenvalue weighted by molar-refractivity contribution is 6.00. The molecule has 0 N–H and O–H groups in total. The molecule has 6 nitrogen and oxygen atoms in total. The Morgan fingerprint density at radius 1 is 0.821 bits per heavy atom. The van der Waals surface area contributed by atoms with E-state index < -0.39 is 42.0 Å². The Bertz CT molecular complexity index is 1530. The van der Waals surface area contributed by atoms with E-state index in [1.165, 1.54) is 50.7 Å². The van der Waals surface area contributed by atoms with Crippen LogP contribution in [0.2, 0.25) is 0 Å². The highest BCUT2D eigenvalue weighted by Crippen LogP contribution is 2.37. The SMILES string of the molecule is COc1cc2nccc(Oc3ccc(CC(=O)CC(=O)Cc4ccccc4C(F)(F)F)cc3F)c2cc1OC. The third-order valence-corrected chi connectivity index (χ3v) is 5.93. The molecular weight excluding hydrogens is 518 g/mol. The largest absolute Gasteiger partial charge is 0.493 e. The van der Waals surface area contributed by atoms with Crippen molar-refractivity contribution in [2.45, 2.75) is 25.4 Å². The molecule has 0 saturated heterocycles. The summed E-state index contributed by atoms with van der Waals surface area (Å²) in [4.78, 5) is 29.0. The number of halogens is 4. The van der Waals surface area contributed by atoms with Crippen molar-refractivity contribution < 1.29 is 41.4 Å². The van der Waals surface area contributed by atoms with Crippen LogP contribution in [0.15, 0.2) is 66.9 Å². The van der Waals surface area contributed by atoms with Gasteiger partial charge in [0.05, 0.1) is 31.7 Å². The number of methoxy groups -OCH3 is 2. The van der Waals surface area contributed by atoms with E-state index in [2.05, 4.69) is 4.98 Å². The molecule has 0 aliphatic heterocycles. The molecule has 1 heterocycles. The van der Waals surface area contributed by atoms with E-state index in [-0.39, 0.29) is 17.7 Å². The number of fused-ring (bicyclic) bond motifs is 1. The van der Waals surface area contributed by atoms with Crippen LogP contribution < -0.4 is 14.2 Å². The summed E-state index contributed by atoms with van der Waals surface area (Å²) in [6.07, 6.45) is -4.47. The lowest BCUT2D eigenvalue weighted by atomic mass is 9.98. The van der Waals surface area contributed by atoms with E-state index in [9.17, 15) is 27.2 Å². The van der Waals surface area contributed by atoms with Gasteiger partial charge in [0.25, 0.3) is 0 Å². The number of alkyl halides is 3. The van der Waals surface area contributed by atoms with Crippen LogP contribution in [0.4, 0.5) is 17.6 Å². The predicted octanol–water partition coefficient (Wildman–Crippen LogP) is 6.52. The fraction of sp³-hybridized carbons (Fsp3) is 0.207. The Kier molecular flexibility index (Phi) is 8.13. The lowest BCUT2D eigenvalue weighted by Crippen LogP contribution is -2.16. The summed E-state index contributed by atoms with van der Waals surface area (Å²) in [5, 5.41) is 0.555. The van der Waals surface area contributed by atoms with E-state index in [4.69, 9.17) is 14.2 Å². The third kappa shape index (κ3) is 6.51. The summed E-state index contributed by atoms with van der Waals surface area (Å²) in [6.45, 7) is 0. The number of pyridine rings is 1. The first-order valence-electron chi connectivity index (χ1n) is 11.7. The quantitative estimate of drug-likeness (QED) is 0.168. The van der Waals surface area contributed by atoms with Crippen molar-refractivity contribution in [3.8, 4) is 23.0 Å². The first kappa shape index (κ1) is 27.6. The maximum Gasteiger partial charge on any atom is 0.416 e. The van der Waals surface area contributed by atoms with Crippen molar-refractivity contribution in [1.82, 2.24) is 4.98 Å². The minimum atomic E-state index is -4.61. The minimum absolute atomic E-state index is 0.103. The second-order valence-corrected chi connectivity index (χ2v) is 8.66. The minimum Gasteiger partial charge on any atom is -0.493 e. The molecule has 4 rings (SSSR count). The number of benzene rings is 3. The summed E-state index contributed by atoms with van der Waals surface area (Å²) >= 11 is 0. The Hall–Kier alpha value is -4.47. The van der Waals surface area contributed by atoms with Gasteiger partial charge in [0, 0.05) is 30.5 Å². The van der Waals surface area contributed by atoms with Gasteiger partial charge in [-0.05, 0) is 41.5 Å². The number of hydrogen-bond donors (Lipinski definition) is 0. The second kappa shape index (κ2) is 11.5. The fourth-order valence-corrected chi connectivity index (χ4v) is 4.13. The molecule has 39 heavy (non-hydrogen) atoms. The number of hydrogen-bond acceptors (Lipinski definition) is 6. The van der Waals surface area contributed by atoms with Gasteiger partial charge in [-0.2, -0.15) is 13.2 Å². The number of carbonyl (C=O) groups is 2. The molecule has 0 aliphatic carbocycles. The number of aromatic nitrogens is 1. The van der Waals surface area contributed by atoms with Crippen molar-refractivity contribution in [2.24, 2.45) is 0 Å². The van der Waals surface area contributed by atoms with Gasteiger partial charge in [-0.3, -0.25) is 14.6 Å². The monoisotopic (exact) mass is 541 g/mol. The Labute approximate surface area is 221 Å². The molecule has 202 valence electrons. The van der Waals surface area contributed by atoms with Crippen molar-refractivity contribution in [3.05, 3.63) is 89.4 Å². The molecule has 0 radical (unpaired) electrons. The van der Waals surface area contributed by atoms with Gasteiger partial charge in [-0.15, -0.1) is 0 Å². The molecule has 0 saturated carbocycles. The number of rotatable bonds is 10. The fourth-order valence-electron chi connectivity index (χ4n) is 4.13. The van der Waals surface area contributed by atoms with Crippen molar-refractivity contribution >= 4 is 22.5 Å². The Morgan fingerprint density at radius 2 is 1.51 bits per heavy atom. The van der Waals surface area contributed by atoms with E-state index >= 15 is 0 Å². The van der Waals surface area contributed by atoms with Crippen LogP contribution in [0, 0.1) is 5.82 Å². The number of nitrogens with zero attached hydrogens (tertiary/aromatic N) is 1.